The van der Waals surface area contributed by atoms with Gasteiger partial charge in [-0.25, -0.2) is 10.8 Å². The van der Waals surface area contributed by atoms with E-state index in [9.17, 15) is 4.79 Å². The molecule has 0 radical (unpaired) electrons. The summed E-state index contributed by atoms with van der Waals surface area (Å²) in [6.07, 6.45) is 1.75. The van der Waals surface area contributed by atoms with Gasteiger partial charge in [-0.15, -0.1) is 0 Å². The lowest BCUT2D eigenvalue weighted by Gasteiger charge is -2.24. The molecule has 1 aliphatic heterocycles. The van der Waals surface area contributed by atoms with Gasteiger partial charge in [0.05, 0.1) is 6.04 Å². The van der Waals surface area contributed by atoms with Crippen molar-refractivity contribution in [3.8, 4) is 11.1 Å². The van der Waals surface area contributed by atoms with Gasteiger partial charge in [0.15, 0.2) is 0 Å². The summed E-state index contributed by atoms with van der Waals surface area (Å²) in [5.74, 6) is 7.97. The molecular formula is C26H26N6O. The smallest absolute Gasteiger partial charge is 0.257 e. The first kappa shape index (κ1) is 20.1. The Morgan fingerprint density at radius 3 is 2.55 bits per heavy atom. The summed E-state index contributed by atoms with van der Waals surface area (Å²) in [6.45, 7) is 5.03. The fourth-order valence-electron chi connectivity index (χ4n) is 5.28. The Morgan fingerprint density at radius 1 is 1.06 bits per heavy atom. The van der Waals surface area contributed by atoms with Crippen molar-refractivity contribution in [3.63, 3.8) is 0 Å². The number of aryl methyl sites for hydroxylation is 1. The molecule has 7 nitrogen and oxygen atoms in total. The zero-order valence-corrected chi connectivity index (χ0v) is 18.5. The van der Waals surface area contributed by atoms with E-state index in [1.54, 1.807) is 11.2 Å². The Balaban J connectivity index is 1.19. The van der Waals surface area contributed by atoms with Crippen molar-refractivity contribution >= 4 is 17.0 Å². The van der Waals surface area contributed by atoms with Crippen molar-refractivity contribution in [1.29, 1.82) is 0 Å². The summed E-state index contributed by atoms with van der Waals surface area (Å²) < 4.78 is 0. The Morgan fingerprint density at radius 2 is 1.79 bits per heavy atom. The molecule has 0 amide bonds. The zero-order valence-electron chi connectivity index (χ0n) is 18.5. The highest BCUT2D eigenvalue weighted by molar-refractivity contribution is 5.81. The maximum Gasteiger partial charge on any atom is 0.257 e. The number of nitrogens with zero attached hydrogens (tertiary/aromatic N) is 4. The number of rotatable bonds is 5. The van der Waals surface area contributed by atoms with Gasteiger partial charge in [0, 0.05) is 48.6 Å². The molecule has 4 aromatic rings. The molecule has 7 heteroatoms. The standard InChI is InChI=1S/C26H26N6O/c1-16-7-5-6-10-19(16)20-11-18-12-28-26(30-24(18)29-25(20)33)32(27)23-21-14-31(15-22(21)23)13-17-8-3-2-4-9-17/h2-12,21-23H,13-15,27H2,1H3,(H,28,29,30,33). The molecule has 33 heavy (non-hydrogen) atoms. The molecule has 2 fully saturated rings. The largest absolute Gasteiger partial charge is 0.306 e. The lowest BCUT2D eigenvalue weighted by atomic mass is 10.0. The quantitative estimate of drug-likeness (QED) is 0.368. The van der Waals surface area contributed by atoms with Gasteiger partial charge in [-0.3, -0.25) is 14.7 Å². The molecule has 6 rings (SSSR count). The van der Waals surface area contributed by atoms with E-state index in [2.05, 4.69) is 44.1 Å². The molecule has 1 aliphatic carbocycles. The van der Waals surface area contributed by atoms with Crippen LogP contribution in [0.25, 0.3) is 22.2 Å². The van der Waals surface area contributed by atoms with Crippen LogP contribution in [-0.4, -0.2) is 39.0 Å². The van der Waals surface area contributed by atoms with Gasteiger partial charge >= 0.3 is 0 Å². The van der Waals surface area contributed by atoms with Crippen molar-refractivity contribution in [1.82, 2.24) is 19.9 Å². The Labute approximate surface area is 191 Å². The number of nitrogens with one attached hydrogen (secondary N) is 1. The van der Waals surface area contributed by atoms with E-state index in [-0.39, 0.29) is 11.6 Å². The minimum Gasteiger partial charge on any atom is -0.306 e. The van der Waals surface area contributed by atoms with Crippen LogP contribution in [0.5, 0.6) is 0 Å². The van der Waals surface area contributed by atoms with Gasteiger partial charge < -0.3 is 4.98 Å². The molecule has 0 bridgehead atoms. The summed E-state index contributed by atoms with van der Waals surface area (Å²) in [5, 5.41) is 2.48. The molecule has 2 unspecified atom stereocenters. The highest BCUT2D eigenvalue weighted by Gasteiger charge is 2.58. The van der Waals surface area contributed by atoms with Gasteiger partial charge in [0.1, 0.15) is 5.65 Å². The van der Waals surface area contributed by atoms with Crippen LogP contribution >= 0.6 is 0 Å². The van der Waals surface area contributed by atoms with Gasteiger partial charge in [-0.1, -0.05) is 54.6 Å². The Hall–Kier alpha value is -3.55. The summed E-state index contributed by atoms with van der Waals surface area (Å²) in [4.78, 5) is 27.3. The fraction of sp³-hybridized carbons (Fsp3) is 0.269. The molecule has 3 heterocycles. The molecule has 2 aromatic carbocycles. The molecule has 2 atom stereocenters. The van der Waals surface area contributed by atoms with E-state index in [0.717, 1.165) is 36.1 Å². The molecule has 1 saturated heterocycles. The van der Waals surface area contributed by atoms with Crippen LogP contribution in [0.2, 0.25) is 0 Å². The normalized spacial score (nSPS) is 21.8. The van der Waals surface area contributed by atoms with Crippen molar-refractivity contribution in [2.75, 3.05) is 18.1 Å². The number of hydrogen-bond acceptors (Lipinski definition) is 6. The van der Waals surface area contributed by atoms with E-state index in [1.165, 1.54) is 5.56 Å². The molecule has 2 aliphatic rings. The number of hydrazine groups is 1. The van der Waals surface area contributed by atoms with E-state index in [0.29, 0.717) is 29.0 Å². The fourth-order valence-corrected chi connectivity index (χ4v) is 5.28. The summed E-state index contributed by atoms with van der Waals surface area (Å²) in [5.41, 5.74) is 4.27. The van der Waals surface area contributed by atoms with Crippen LogP contribution < -0.4 is 16.4 Å². The van der Waals surface area contributed by atoms with E-state index in [4.69, 9.17) is 5.84 Å². The third kappa shape index (κ3) is 3.59. The third-order valence-corrected chi connectivity index (χ3v) is 7.04. The van der Waals surface area contributed by atoms with E-state index in [1.807, 2.05) is 43.3 Å². The van der Waals surface area contributed by atoms with Crippen molar-refractivity contribution in [3.05, 3.63) is 88.3 Å². The molecule has 166 valence electrons. The summed E-state index contributed by atoms with van der Waals surface area (Å²) in [7, 11) is 0. The first-order chi connectivity index (χ1) is 16.1. The highest BCUT2D eigenvalue weighted by atomic mass is 16.1. The van der Waals surface area contributed by atoms with E-state index >= 15 is 0 Å². The number of fused-ring (bicyclic) bond motifs is 2. The first-order valence-electron chi connectivity index (χ1n) is 11.3. The Kier molecular flexibility index (Phi) is 4.74. The topological polar surface area (TPSA) is 91.1 Å². The van der Waals surface area contributed by atoms with Crippen LogP contribution in [0.15, 0.2) is 71.7 Å². The second-order valence-electron chi connectivity index (χ2n) is 9.21. The number of aromatic nitrogens is 3. The van der Waals surface area contributed by atoms with Gasteiger partial charge in [-0.2, -0.15) is 4.98 Å². The highest BCUT2D eigenvalue weighted by Crippen LogP contribution is 2.49. The van der Waals surface area contributed by atoms with Crippen LogP contribution in [-0.2, 0) is 6.54 Å². The third-order valence-electron chi connectivity index (χ3n) is 7.04. The number of aromatic amines is 1. The zero-order chi connectivity index (χ0) is 22.5. The van der Waals surface area contributed by atoms with Gasteiger partial charge in [0.25, 0.3) is 5.56 Å². The van der Waals surface area contributed by atoms with Gasteiger partial charge in [-0.05, 0) is 29.7 Å². The van der Waals surface area contributed by atoms with Crippen LogP contribution in [0.4, 0.5) is 5.95 Å². The maximum absolute atomic E-state index is 12.8. The number of H-pyrrole nitrogens is 1. The average molecular weight is 439 g/mol. The average Bonchev–Trinajstić information content (AvgIpc) is 3.33. The van der Waals surface area contributed by atoms with Gasteiger partial charge in [0.2, 0.25) is 5.95 Å². The molecule has 2 aromatic heterocycles. The van der Waals surface area contributed by atoms with Crippen LogP contribution in [0, 0.1) is 18.8 Å². The predicted molar refractivity (Wildman–Crippen MR) is 129 cm³/mol. The molecule has 0 spiro atoms. The minimum absolute atomic E-state index is 0.162. The summed E-state index contributed by atoms with van der Waals surface area (Å²) in [6, 6.07) is 20.5. The second kappa shape index (κ2) is 7.79. The van der Waals surface area contributed by atoms with Crippen molar-refractivity contribution < 1.29 is 0 Å². The SMILES string of the molecule is Cc1ccccc1-c1cc2cnc(N(N)C3C4CN(Cc5ccccc5)CC43)nc2[nH]c1=O. The first-order valence-corrected chi connectivity index (χ1v) is 11.3. The second-order valence-corrected chi connectivity index (χ2v) is 9.21. The lowest BCUT2D eigenvalue weighted by Crippen LogP contribution is -2.40. The maximum atomic E-state index is 12.8. The van der Waals surface area contributed by atoms with Crippen LogP contribution in [0.1, 0.15) is 11.1 Å². The number of piperidine rings is 1. The molecule has 1 saturated carbocycles. The van der Waals surface area contributed by atoms with Crippen molar-refractivity contribution in [2.24, 2.45) is 17.7 Å². The summed E-state index contributed by atoms with van der Waals surface area (Å²) >= 11 is 0. The Bertz CT molecular complexity index is 1370. The number of likely N-dealkylation sites (tertiary alicyclic amines) is 1. The van der Waals surface area contributed by atoms with E-state index < -0.39 is 0 Å². The lowest BCUT2D eigenvalue weighted by molar-refractivity contribution is 0.287. The number of benzene rings is 2. The monoisotopic (exact) mass is 438 g/mol. The molecule has 3 N–H and O–H groups in total. The number of pyridine rings is 1. The van der Waals surface area contributed by atoms with Crippen molar-refractivity contribution in [2.45, 2.75) is 19.5 Å². The number of nitrogens with two attached hydrogens (primary N) is 1. The predicted octanol–water partition coefficient (Wildman–Crippen LogP) is 3.10. The minimum atomic E-state index is -0.162. The van der Waals surface area contributed by atoms with Crippen LogP contribution in [0.3, 0.4) is 0 Å². The molecular weight excluding hydrogens is 412 g/mol. The number of anilines is 1. The number of hydrogen-bond donors (Lipinski definition) is 2.